The zero-order chi connectivity index (χ0) is 14.4. The zero-order valence-corrected chi connectivity index (χ0v) is 12.0. The Bertz CT molecular complexity index is 669. The number of aryl methyl sites for hydroxylation is 1. The average molecular weight is 285 g/mol. The first-order valence-electron chi connectivity index (χ1n) is 7.68. The van der Waals surface area contributed by atoms with Crippen molar-refractivity contribution in [2.45, 2.75) is 44.2 Å². The Labute approximate surface area is 123 Å². The number of ether oxygens (including phenoxy) is 1. The van der Waals surface area contributed by atoms with Crippen LogP contribution in [0.15, 0.2) is 24.3 Å². The highest BCUT2D eigenvalue weighted by atomic mass is 16.5. The summed E-state index contributed by atoms with van der Waals surface area (Å²) in [6.07, 6.45) is 3.65. The van der Waals surface area contributed by atoms with Crippen LogP contribution in [0.1, 0.15) is 36.9 Å². The fourth-order valence-corrected chi connectivity index (χ4v) is 4.14. The normalized spacial score (nSPS) is 24.0. The summed E-state index contributed by atoms with van der Waals surface area (Å²) in [6, 6.07) is 8.51. The van der Waals surface area contributed by atoms with Crippen LogP contribution >= 0.6 is 0 Å². The van der Waals surface area contributed by atoms with Gasteiger partial charge in [0.2, 0.25) is 0 Å². The number of carbonyl (C=O) groups is 1. The number of hydrogen-bond donors (Lipinski definition) is 1. The number of fused-ring (bicyclic) bond motifs is 3. The van der Waals surface area contributed by atoms with E-state index in [9.17, 15) is 4.79 Å². The number of rotatable bonds is 3. The van der Waals surface area contributed by atoms with Gasteiger partial charge in [-0.1, -0.05) is 18.2 Å². The van der Waals surface area contributed by atoms with Gasteiger partial charge in [0.05, 0.1) is 12.3 Å². The minimum atomic E-state index is -0.742. The molecule has 0 bridgehead atoms. The van der Waals surface area contributed by atoms with Crippen LogP contribution in [0, 0.1) is 0 Å². The van der Waals surface area contributed by atoms with Crippen molar-refractivity contribution in [2.24, 2.45) is 0 Å². The Kier molecular flexibility index (Phi) is 2.82. The van der Waals surface area contributed by atoms with E-state index < -0.39 is 5.97 Å². The first-order chi connectivity index (χ1) is 10.2. The van der Waals surface area contributed by atoms with Crippen molar-refractivity contribution in [1.82, 2.24) is 4.57 Å². The number of para-hydroxylation sites is 1. The molecule has 1 N–H and O–H groups in total. The highest BCUT2D eigenvalue weighted by molar-refractivity contribution is 5.86. The molecule has 4 nitrogen and oxygen atoms in total. The van der Waals surface area contributed by atoms with Gasteiger partial charge in [0, 0.05) is 23.9 Å². The molecular weight excluding hydrogens is 266 g/mol. The molecule has 4 heteroatoms. The molecule has 0 saturated carbocycles. The van der Waals surface area contributed by atoms with E-state index in [1.165, 1.54) is 22.2 Å². The zero-order valence-electron chi connectivity index (χ0n) is 12.0. The summed E-state index contributed by atoms with van der Waals surface area (Å²) in [7, 11) is 0. The topological polar surface area (TPSA) is 51.5 Å². The Morgan fingerprint density at radius 2 is 2.24 bits per heavy atom. The number of hydrogen-bond acceptors (Lipinski definition) is 2. The molecule has 3 heterocycles. The average Bonchev–Trinajstić information content (AvgIpc) is 2.83. The Morgan fingerprint density at radius 3 is 3.10 bits per heavy atom. The quantitative estimate of drug-likeness (QED) is 0.943. The predicted octanol–water partition coefficient (Wildman–Crippen LogP) is 3.07. The van der Waals surface area contributed by atoms with Crippen LogP contribution in [0.4, 0.5) is 0 Å². The molecule has 1 aromatic carbocycles. The summed E-state index contributed by atoms with van der Waals surface area (Å²) in [5, 5.41) is 10.4. The minimum Gasteiger partial charge on any atom is -0.481 e. The summed E-state index contributed by atoms with van der Waals surface area (Å²) < 4.78 is 8.54. The second kappa shape index (κ2) is 4.60. The van der Waals surface area contributed by atoms with Crippen LogP contribution in [0.3, 0.4) is 0 Å². The lowest BCUT2D eigenvalue weighted by Gasteiger charge is -2.42. The standard InChI is InChI=1S/C17H19NO3/c19-15(20)6-9-17-8-3-10-18-14-5-2-1-4-12(14)13(16(17)18)7-11-21-17/h1-2,4-5H,3,6-11H2,(H,19,20). The summed E-state index contributed by atoms with van der Waals surface area (Å²) in [5.41, 5.74) is 3.51. The van der Waals surface area contributed by atoms with Crippen molar-refractivity contribution in [2.75, 3.05) is 6.61 Å². The van der Waals surface area contributed by atoms with E-state index in [1.54, 1.807) is 0 Å². The molecular formula is C17H19NO3. The lowest BCUT2D eigenvalue weighted by Crippen LogP contribution is -2.40. The maximum absolute atomic E-state index is 11.0. The third kappa shape index (κ3) is 1.82. The number of carboxylic acid groups (broad SMARTS) is 1. The summed E-state index contributed by atoms with van der Waals surface area (Å²) in [4.78, 5) is 11.0. The molecule has 0 spiro atoms. The molecule has 2 aromatic rings. The van der Waals surface area contributed by atoms with Gasteiger partial charge in [0.25, 0.3) is 0 Å². The number of carboxylic acids is 1. The number of aliphatic carboxylic acids is 1. The Morgan fingerprint density at radius 1 is 1.38 bits per heavy atom. The van der Waals surface area contributed by atoms with Gasteiger partial charge in [-0.15, -0.1) is 0 Å². The van der Waals surface area contributed by atoms with Gasteiger partial charge in [-0.3, -0.25) is 4.79 Å². The number of benzene rings is 1. The highest BCUT2D eigenvalue weighted by Crippen LogP contribution is 2.47. The molecule has 0 saturated heterocycles. The minimum absolute atomic E-state index is 0.168. The van der Waals surface area contributed by atoms with E-state index in [0.29, 0.717) is 13.0 Å². The van der Waals surface area contributed by atoms with Crippen molar-refractivity contribution in [3.05, 3.63) is 35.5 Å². The number of aromatic nitrogens is 1. The molecule has 110 valence electrons. The molecule has 1 atom stereocenters. The first kappa shape index (κ1) is 12.9. The maximum atomic E-state index is 11.0. The lowest BCUT2D eigenvalue weighted by molar-refractivity contribution is -0.141. The van der Waals surface area contributed by atoms with E-state index in [-0.39, 0.29) is 12.0 Å². The molecule has 0 radical (unpaired) electrons. The van der Waals surface area contributed by atoms with Crippen LogP contribution in [-0.4, -0.2) is 22.2 Å². The Balaban J connectivity index is 1.92. The molecule has 0 amide bonds. The molecule has 1 aromatic heterocycles. The van der Waals surface area contributed by atoms with E-state index >= 15 is 0 Å². The van der Waals surface area contributed by atoms with E-state index in [0.717, 1.165) is 25.8 Å². The lowest BCUT2D eigenvalue weighted by atomic mass is 9.81. The summed E-state index contributed by atoms with van der Waals surface area (Å²) in [5.74, 6) is -0.742. The Hall–Kier alpha value is -1.81. The van der Waals surface area contributed by atoms with Gasteiger partial charge in [0.15, 0.2) is 0 Å². The largest absolute Gasteiger partial charge is 0.481 e. The smallest absolute Gasteiger partial charge is 0.303 e. The predicted molar refractivity (Wildman–Crippen MR) is 79.4 cm³/mol. The van der Waals surface area contributed by atoms with Crippen molar-refractivity contribution >= 4 is 16.9 Å². The summed E-state index contributed by atoms with van der Waals surface area (Å²) in [6.45, 7) is 1.70. The molecule has 4 rings (SSSR count). The molecule has 21 heavy (non-hydrogen) atoms. The second-order valence-electron chi connectivity index (χ2n) is 6.09. The highest BCUT2D eigenvalue weighted by Gasteiger charge is 2.43. The van der Waals surface area contributed by atoms with E-state index in [2.05, 4.69) is 28.8 Å². The van der Waals surface area contributed by atoms with Gasteiger partial charge >= 0.3 is 5.97 Å². The third-order valence-corrected chi connectivity index (χ3v) is 4.94. The molecule has 2 aliphatic rings. The van der Waals surface area contributed by atoms with Gasteiger partial charge in [-0.25, -0.2) is 0 Å². The van der Waals surface area contributed by atoms with Crippen molar-refractivity contribution < 1.29 is 14.6 Å². The van der Waals surface area contributed by atoms with Crippen LogP contribution < -0.4 is 0 Å². The van der Waals surface area contributed by atoms with Gasteiger partial charge in [0.1, 0.15) is 5.60 Å². The monoisotopic (exact) mass is 285 g/mol. The molecule has 2 aliphatic heterocycles. The van der Waals surface area contributed by atoms with Crippen LogP contribution in [-0.2, 0) is 28.1 Å². The van der Waals surface area contributed by atoms with Crippen molar-refractivity contribution in [3.63, 3.8) is 0 Å². The van der Waals surface area contributed by atoms with Gasteiger partial charge in [-0.05, 0) is 37.3 Å². The van der Waals surface area contributed by atoms with Crippen LogP contribution in [0.25, 0.3) is 10.9 Å². The molecule has 0 fully saturated rings. The van der Waals surface area contributed by atoms with Gasteiger partial charge < -0.3 is 14.4 Å². The van der Waals surface area contributed by atoms with E-state index in [1.807, 2.05) is 0 Å². The van der Waals surface area contributed by atoms with Gasteiger partial charge in [-0.2, -0.15) is 0 Å². The molecule has 0 aliphatic carbocycles. The fraction of sp³-hybridized carbons (Fsp3) is 0.471. The third-order valence-electron chi connectivity index (χ3n) is 4.94. The SMILES string of the molecule is O=C(O)CCC12CCCn3c1c(c1ccccc13)CCO2. The first-order valence-corrected chi connectivity index (χ1v) is 7.68. The van der Waals surface area contributed by atoms with Crippen LogP contribution in [0.5, 0.6) is 0 Å². The fourth-order valence-electron chi connectivity index (χ4n) is 4.14. The van der Waals surface area contributed by atoms with Crippen molar-refractivity contribution in [1.29, 1.82) is 0 Å². The van der Waals surface area contributed by atoms with E-state index in [4.69, 9.17) is 9.84 Å². The second-order valence-corrected chi connectivity index (χ2v) is 6.09. The molecule has 1 unspecified atom stereocenters. The van der Waals surface area contributed by atoms with Crippen LogP contribution in [0.2, 0.25) is 0 Å². The summed E-state index contributed by atoms with van der Waals surface area (Å²) >= 11 is 0. The number of nitrogens with zero attached hydrogens (tertiary/aromatic N) is 1. The maximum Gasteiger partial charge on any atom is 0.303 e. The van der Waals surface area contributed by atoms with Crippen molar-refractivity contribution in [3.8, 4) is 0 Å².